The lowest BCUT2D eigenvalue weighted by molar-refractivity contribution is -0.121. The lowest BCUT2D eigenvalue weighted by Crippen LogP contribution is -2.47. The normalized spacial score (nSPS) is 21.2. The van der Waals surface area contributed by atoms with Gasteiger partial charge in [0, 0.05) is 30.7 Å². The van der Waals surface area contributed by atoms with Crippen LogP contribution in [0.1, 0.15) is 82.9 Å². The first-order valence-electron chi connectivity index (χ1n) is 11.1. The van der Waals surface area contributed by atoms with E-state index in [1.807, 2.05) is 0 Å². The van der Waals surface area contributed by atoms with Gasteiger partial charge in [-0.15, -0.1) is 11.6 Å². The van der Waals surface area contributed by atoms with Gasteiger partial charge in [0.15, 0.2) is 0 Å². The Kier molecular flexibility index (Phi) is 6.32. The minimum Gasteiger partial charge on any atom is -0.352 e. The molecule has 2 fully saturated rings. The Hall–Kier alpha value is -2.41. The first-order valence-corrected chi connectivity index (χ1v) is 11.6. The summed E-state index contributed by atoms with van der Waals surface area (Å²) in [6.45, 7) is 2.65. The van der Waals surface area contributed by atoms with Gasteiger partial charge >= 0.3 is 0 Å². The van der Waals surface area contributed by atoms with Crippen LogP contribution in [0.4, 0.5) is 0 Å². The highest BCUT2D eigenvalue weighted by Crippen LogP contribution is 2.31. The summed E-state index contributed by atoms with van der Waals surface area (Å²) in [5.41, 5.74) is 1.14. The number of halogens is 1. The van der Waals surface area contributed by atoms with Crippen LogP contribution in [-0.4, -0.2) is 64.0 Å². The van der Waals surface area contributed by atoms with Crippen LogP contribution in [0.15, 0.2) is 18.2 Å². The fourth-order valence-corrected chi connectivity index (χ4v) is 4.85. The van der Waals surface area contributed by atoms with E-state index in [1.54, 1.807) is 30.0 Å². The van der Waals surface area contributed by atoms with Crippen LogP contribution < -0.4 is 5.32 Å². The van der Waals surface area contributed by atoms with E-state index in [1.165, 1.54) is 4.90 Å². The number of likely N-dealkylation sites (tertiary alicyclic amines) is 1. The van der Waals surface area contributed by atoms with Crippen molar-refractivity contribution in [2.75, 3.05) is 13.1 Å². The lowest BCUT2D eigenvalue weighted by Gasteiger charge is -2.32. The molecule has 1 saturated heterocycles. The number of fused-ring (bicyclic) bond motifs is 1. The quantitative estimate of drug-likeness (QED) is 0.570. The molecular weight excluding hydrogens is 418 g/mol. The summed E-state index contributed by atoms with van der Waals surface area (Å²) in [5.74, 6) is -0.875. The van der Waals surface area contributed by atoms with Gasteiger partial charge in [-0.05, 0) is 50.8 Å². The van der Waals surface area contributed by atoms with Crippen molar-refractivity contribution in [3.05, 3.63) is 34.9 Å². The zero-order valence-electron chi connectivity index (χ0n) is 17.7. The largest absolute Gasteiger partial charge is 0.352 e. The highest BCUT2D eigenvalue weighted by molar-refractivity contribution is 6.30. The van der Waals surface area contributed by atoms with E-state index in [0.29, 0.717) is 42.6 Å². The predicted molar refractivity (Wildman–Crippen MR) is 116 cm³/mol. The standard InChI is InChI=1S/C23H28ClN3O4/c1-14(24)20(28)25-16-9-11-26(12-10-16)21(29)15-7-8-18-19(13-15)23(31)27(22(18)30)17-5-3-2-4-6-17/h7-8,13-14,16-17H,2-6,9-12H2,1H3,(H,25,28). The van der Waals surface area contributed by atoms with Gasteiger partial charge in [-0.3, -0.25) is 24.1 Å². The Morgan fingerprint density at radius 2 is 1.65 bits per heavy atom. The van der Waals surface area contributed by atoms with E-state index in [4.69, 9.17) is 11.6 Å². The Morgan fingerprint density at radius 3 is 2.29 bits per heavy atom. The van der Waals surface area contributed by atoms with Crippen molar-refractivity contribution >= 4 is 35.2 Å². The number of nitrogens with zero attached hydrogens (tertiary/aromatic N) is 2. The zero-order valence-corrected chi connectivity index (χ0v) is 18.5. The SMILES string of the molecule is CC(Cl)C(=O)NC1CCN(C(=O)c2ccc3c(c2)C(=O)N(C2CCCCC2)C3=O)CC1. The van der Waals surface area contributed by atoms with E-state index in [9.17, 15) is 19.2 Å². The van der Waals surface area contributed by atoms with Crippen LogP contribution in [0.2, 0.25) is 0 Å². The summed E-state index contributed by atoms with van der Waals surface area (Å²) in [4.78, 5) is 53.7. The molecule has 2 aliphatic heterocycles. The van der Waals surface area contributed by atoms with E-state index in [2.05, 4.69) is 5.32 Å². The lowest BCUT2D eigenvalue weighted by atomic mass is 9.94. The number of hydrogen-bond donors (Lipinski definition) is 1. The van der Waals surface area contributed by atoms with E-state index < -0.39 is 5.38 Å². The second kappa shape index (κ2) is 8.99. The maximum Gasteiger partial charge on any atom is 0.261 e. The molecule has 1 atom stereocenters. The van der Waals surface area contributed by atoms with Crippen molar-refractivity contribution in [3.8, 4) is 0 Å². The molecule has 2 heterocycles. The Morgan fingerprint density at radius 1 is 1.00 bits per heavy atom. The maximum atomic E-state index is 13.0. The second-order valence-corrected chi connectivity index (χ2v) is 9.38. The number of amides is 4. The molecule has 1 aromatic rings. The number of carbonyl (C=O) groups excluding carboxylic acids is 4. The van der Waals surface area contributed by atoms with Crippen molar-refractivity contribution in [1.82, 2.24) is 15.1 Å². The van der Waals surface area contributed by atoms with E-state index in [-0.39, 0.29) is 35.7 Å². The Balaban J connectivity index is 1.43. The van der Waals surface area contributed by atoms with Crippen LogP contribution in [0.25, 0.3) is 0 Å². The van der Waals surface area contributed by atoms with Crippen LogP contribution in [-0.2, 0) is 4.79 Å². The third-order valence-electron chi connectivity index (χ3n) is 6.59. The van der Waals surface area contributed by atoms with Gasteiger partial charge in [0.1, 0.15) is 5.38 Å². The van der Waals surface area contributed by atoms with Gasteiger partial charge in [0.25, 0.3) is 17.7 Å². The average molecular weight is 446 g/mol. The minimum absolute atomic E-state index is 0.000946. The van der Waals surface area contributed by atoms with Gasteiger partial charge in [-0.1, -0.05) is 19.3 Å². The fraction of sp³-hybridized carbons (Fsp3) is 0.565. The van der Waals surface area contributed by atoms with E-state index >= 15 is 0 Å². The molecule has 1 N–H and O–H groups in total. The number of hydrogen-bond acceptors (Lipinski definition) is 4. The molecule has 0 aromatic heterocycles. The smallest absolute Gasteiger partial charge is 0.261 e. The number of alkyl halides is 1. The molecule has 0 bridgehead atoms. The van der Waals surface area contributed by atoms with Gasteiger partial charge < -0.3 is 10.2 Å². The monoisotopic (exact) mass is 445 g/mol. The zero-order chi connectivity index (χ0) is 22.1. The van der Waals surface area contributed by atoms with Gasteiger partial charge in [0.2, 0.25) is 5.91 Å². The average Bonchev–Trinajstić information content (AvgIpc) is 3.03. The molecule has 1 saturated carbocycles. The molecule has 8 heteroatoms. The van der Waals surface area contributed by atoms with Crippen molar-refractivity contribution < 1.29 is 19.2 Å². The van der Waals surface area contributed by atoms with Crippen LogP contribution >= 0.6 is 11.6 Å². The number of benzene rings is 1. The molecule has 0 radical (unpaired) electrons. The van der Waals surface area contributed by atoms with Gasteiger partial charge in [-0.2, -0.15) is 0 Å². The van der Waals surface area contributed by atoms with Crippen molar-refractivity contribution in [2.45, 2.75) is 69.3 Å². The molecule has 4 amide bonds. The van der Waals surface area contributed by atoms with Crippen LogP contribution in [0.3, 0.4) is 0 Å². The molecule has 1 aliphatic carbocycles. The van der Waals surface area contributed by atoms with Crippen molar-refractivity contribution in [1.29, 1.82) is 0 Å². The Labute approximate surface area is 187 Å². The molecule has 166 valence electrons. The third kappa shape index (κ3) is 4.33. The summed E-state index contributed by atoms with van der Waals surface area (Å²) < 4.78 is 0. The number of nitrogens with one attached hydrogen (secondary N) is 1. The van der Waals surface area contributed by atoms with Crippen LogP contribution in [0.5, 0.6) is 0 Å². The maximum absolute atomic E-state index is 13.0. The Bertz CT molecular complexity index is 902. The first kappa shape index (κ1) is 21.8. The molecule has 1 aromatic carbocycles. The van der Waals surface area contributed by atoms with Crippen molar-refractivity contribution in [3.63, 3.8) is 0 Å². The summed E-state index contributed by atoms with van der Waals surface area (Å²) in [5, 5.41) is 2.32. The summed E-state index contributed by atoms with van der Waals surface area (Å²) in [6.07, 6.45) is 6.21. The molecular formula is C23H28ClN3O4. The fourth-order valence-electron chi connectivity index (χ4n) is 4.79. The van der Waals surface area contributed by atoms with Gasteiger partial charge in [-0.25, -0.2) is 0 Å². The molecule has 31 heavy (non-hydrogen) atoms. The highest BCUT2D eigenvalue weighted by atomic mass is 35.5. The molecule has 7 nitrogen and oxygen atoms in total. The van der Waals surface area contributed by atoms with Gasteiger partial charge in [0.05, 0.1) is 11.1 Å². The van der Waals surface area contributed by atoms with E-state index in [0.717, 1.165) is 32.1 Å². The molecule has 1 unspecified atom stereocenters. The number of piperidine rings is 1. The molecule has 4 rings (SSSR count). The summed E-state index contributed by atoms with van der Waals surface area (Å²) in [6, 6.07) is 4.79. The second-order valence-electron chi connectivity index (χ2n) is 8.72. The topological polar surface area (TPSA) is 86.8 Å². The highest BCUT2D eigenvalue weighted by Gasteiger charge is 2.40. The minimum atomic E-state index is -0.584. The third-order valence-corrected chi connectivity index (χ3v) is 6.79. The van der Waals surface area contributed by atoms with Crippen molar-refractivity contribution in [2.24, 2.45) is 0 Å². The molecule has 0 spiro atoms. The van der Waals surface area contributed by atoms with Crippen LogP contribution in [0, 0.1) is 0 Å². The number of carbonyl (C=O) groups is 4. The first-order chi connectivity index (χ1) is 14.9. The summed E-state index contributed by atoms with van der Waals surface area (Å²) in [7, 11) is 0. The number of rotatable bonds is 4. The predicted octanol–water partition coefficient (Wildman–Crippen LogP) is 2.96. The number of imide groups is 1. The summed E-state index contributed by atoms with van der Waals surface area (Å²) >= 11 is 5.80. The molecule has 3 aliphatic rings.